The highest BCUT2D eigenvalue weighted by Crippen LogP contribution is 2.53. The minimum atomic E-state index is 0.447. The highest BCUT2D eigenvalue weighted by Gasteiger charge is 2.42. The molecular weight excluding hydrogens is 146 g/mol. The summed E-state index contributed by atoms with van der Waals surface area (Å²) in [5, 5.41) is 0. The third-order valence-corrected chi connectivity index (χ3v) is 3.77. The fourth-order valence-corrected chi connectivity index (χ4v) is 2.70. The molecule has 0 radical (unpaired) electrons. The maximum absolute atomic E-state index is 5.69. The first-order chi connectivity index (χ1) is 5.52. The van der Waals surface area contributed by atoms with Crippen LogP contribution in [0, 0.1) is 10.8 Å². The zero-order chi connectivity index (χ0) is 9.24. The molecule has 1 heteroatoms. The number of nitrogens with two attached hydrogens (primary N) is 1. The van der Waals surface area contributed by atoms with Crippen molar-refractivity contribution in [3.63, 3.8) is 0 Å². The third kappa shape index (κ3) is 1.66. The highest BCUT2D eigenvalue weighted by atomic mass is 14.6. The Labute approximate surface area is 76.7 Å². The van der Waals surface area contributed by atoms with Crippen LogP contribution in [0.2, 0.25) is 0 Å². The topological polar surface area (TPSA) is 26.0 Å². The van der Waals surface area contributed by atoms with Gasteiger partial charge in [-0.3, -0.25) is 0 Å². The molecular formula is C11H23N. The summed E-state index contributed by atoms with van der Waals surface area (Å²) in [4.78, 5) is 0. The van der Waals surface area contributed by atoms with Gasteiger partial charge in [0.05, 0.1) is 0 Å². The van der Waals surface area contributed by atoms with Crippen LogP contribution in [0.3, 0.4) is 0 Å². The fourth-order valence-electron chi connectivity index (χ4n) is 2.70. The number of hydrogen-bond donors (Lipinski definition) is 1. The van der Waals surface area contributed by atoms with E-state index >= 15 is 0 Å². The predicted octanol–water partition coefficient (Wildman–Crippen LogP) is 2.94. The van der Waals surface area contributed by atoms with E-state index in [4.69, 9.17) is 5.73 Å². The highest BCUT2D eigenvalue weighted by molar-refractivity contribution is 4.93. The smallest absolute Gasteiger partial charge is 0.00718 e. The van der Waals surface area contributed by atoms with E-state index in [9.17, 15) is 0 Å². The zero-order valence-corrected chi connectivity index (χ0v) is 8.82. The Morgan fingerprint density at radius 3 is 2.00 bits per heavy atom. The summed E-state index contributed by atoms with van der Waals surface area (Å²) in [7, 11) is 0. The molecule has 1 aliphatic rings. The minimum absolute atomic E-state index is 0.447. The molecule has 0 aromatic heterocycles. The van der Waals surface area contributed by atoms with Gasteiger partial charge in [0, 0.05) is 0 Å². The van der Waals surface area contributed by atoms with Crippen LogP contribution in [0.5, 0.6) is 0 Å². The van der Waals surface area contributed by atoms with Crippen LogP contribution in [-0.2, 0) is 0 Å². The van der Waals surface area contributed by atoms with Crippen LogP contribution in [0.25, 0.3) is 0 Å². The molecule has 12 heavy (non-hydrogen) atoms. The van der Waals surface area contributed by atoms with Crippen LogP contribution in [0.4, 0.5) is 0 Å². The molecule has 0 aliphatic heterocycles. The largest absolute Gasteiger partial charge is 0.330 e. The van der Waals surface area contributed by atoms with E-state index in [2.05, 4.69) is 20.8 Å². The average Bonchev–Trinajstić information content (AvgIpc) is 2.36. The van der Waals surface area contributed by atoms with Crippen molar-refractivity contribution in [3.05, 3.63) is 0 Å². The van der Waals surface area contributed by atoms with E-state index in [1.54, 1.807) is 0 Å². The van der Waals surface area contributed by atoms with E-state index in [-0.39, 0.29) is 0 Å². The lowest BCUT2D eigenvalue weighted by atomic mass is 9.63. The Morgan fingerprint density at radius 2 is 1.67 bits per heavy atom. The maximum atomic E-state index is 5.69. The summed E-state index contributed by atoms with van der Waals surface area (Å²) in [6.07, 6.45) is 6.84. The molecule has 1 rings (SSSR count). The van der Waals surface area contributed by atoms with Crippen molar-refractivity contribution in [2.45, 2.75) is 52.9 Å². The van der Waals surface area contributed by atoms with Crippen molar-refractivity contribution in [3.8, 4) is 0 Å². The van der Waals surface area contributed by atoms with Crippen LogP contribution in [0.15, 0.2) is 0 Å². The van der Waals surface area contributed by atoms with Crippen molar-refractivity contribution in [2.75, 3.05) is 6.54 Å². The maximum Gasteiger partial charge on any atom is -0.00718 e. The molecule has 0 bridgehead atoms. The number of rotatable bonds is 2. The number of hydrogen-bond acceptors (Lipinski definition) is 1. The summed E-state index contributed by atoms with van der Waals surface area (Å²) < 4.78 is 0. The lowest BCUT2D eigenvalue weighted by Crippen LogP contribution is -2.35. The summed E-state index contributed by atoms with van der Waals surface area (Å²) in [5.41, 5.74) is 6.69. The van der Waals surface area contributed by atoms with Gasteiger partial charge < -0.3 is 5.73 Å². The van der Waals surface area contributed by atoms with Crippen LogP contribution in [-0.4, -0.2) is 6.54 Å². The van der Waals surface area contributed by atoms with Crippen molar-refractivity contribution in [1.29, 1.82) is 0 Å². The van der Waals surface area contributed by atoms with E-state index < -0.39 is 0 Å². The first-order valence-electron chi connectivity index (χ1n) is 5.22. The van der Waals surface area contributed by atoms with Crippen LogP contribution < -0.4 is 5.73 Å². The first-order valence-corrected chi connectivity index (χ1v) is 5.22. The van der Waals surface area contributed by atoms with Gasteiger partial charge in [-0.25, -0.2) is 0 Å². The summed E-state index contributed by atoms with van der Waals surface area (Å²) in [6, 6.07) is 0. The molecule has 0 spiro atoms. The molecule has 0 saturated heterocycles. The normalized spacial score (nSPS) is 23.0. The van der Waals surface area contributed by atoms with E-state index in [1.807, 2.05) is 0 Å². The Kier molecular flexibility index (Phi) is 2.82. The second-order valence-corrected chi connectivity index (χ2v) is 5.28. The zero-order valence-electron chi connectivity index (χ0n) is 8.82. The van der Waals surface area contributed by atoms with Crippen molar-refractivity contribution < 1.29 is 0 Å². The summed E-state index contributed by atoms with van der Waals surface area (Å²) in [5.74, 6) is 0. The van der Waals surface area contributed by atoms with Gasteiger partial charge in [0.2, 0.25) is 0 Å². The molecule has 0 amide bonds. The Hall–Kier alpha value is -0.0400. The van der Waals surface area contributed by atoms with Gasteiger partial charge in [-0.05, 0) is 36.6 Å². The quantitative estimate of drug-likeness (QED) is 0.675. The van der Waals surface area contributed by atoms with Gasteiger partial charge in [-0.1, -0.05) is 33.6 Å². The van der Waals surface area contributed by atoms with Crippen molar-refractivity contribution in [2.24, 2.45) is 16.6 Å². The molecule has 0 aromatic rings. The van der Waals surface area contributed by atoms with Crippen molar-refractivity contribution in [1.82, 2.24) is 0 Å². The van der Waals surface area contributed by atoms with E-state index in [0.29, 0.717) is 10.8 Å². The molecule has 2 N–H and O–H groups in total. The molecule has 1 saturated carbocycles. The molecule has 72 valence electrons. The van der Waals surface area contributed by atoms with Gasteiger partial charge in [-0.2, -0.15) is 0 Å². The molecule has 0 atom stereocenters. The minimum Gasteiger partial charge on any atom is -0.330 e. The Bertz CT molecular complexity index is 138. The van der Waals surface area contributed by atoms with Crippen LogP contribution >= 0.6 is 0 Å². The fraction of sp³-hybridized carbons (Fsp3) is 1.00. The second-order valence-electron chi connectivity index (χ2n) is 5.28. The lowest BCUT2D eigenvalue weighted by molar-refractivity contribution is 0.0848. The average molecular weight is 169 g/mol. The Morgan fingerprint density at radius 1 is 1.17 bits per heavy atom. The molecule has 1 nitrogen and oxygen atoms in total. The molecule has 1 aliphatic carbocycles. The Balaban J connectivity index is 2.72. The van der Waals surface area contributed by atoms with E-state index in [0.717, 1.165) is 6.54 Å². The third-order valence-electron chi connectivity index (χ3n) is 3.77. The standard InChI is InChI=1S/C11H23N/c1-10(2,3)11(8-9-12)6-4-5-7-11/h4-9,12H2,1-3H3. The summed E-state index contributed by atoms with van der Waals surface area (Å²) in [6.45, 7) is 7.97. The molecule has 0 unspecified atom stereocenters. The van der Waals surface area contributed by atoms with Crippen LogP contribution in [0.1, 0.15) is 52.9 Å². The molecule has 1 fully saturated rings. The van der Waals surface area contributed by atoms with Gasteiger partial charge in [0.1, 0.15) is 0 Å². The van der Waals surface area contributed by atoms with Gasteiger partial charge in [-0.15, -0.1) is 0 Å². The lowest BCUT2D eigenvalue weighted by Gasteiger charge is -2.42. The van der Waals surface area contributed by atoms with Gasteiger partial charge in [0.25, 0.3) is 0 Å². The van der Waals surface area contributed by atoms with Crippen molar-refractivity contribution >= 4 is 0 Å². The molecule has 0 heterocycles. The SMILES string of the molecule is CC(C)(C)C1(CCN)CCCC1. The summed E-state index contributed by atoms with van der Waals surface area (Å²) >= 11 is 0. The monoisotopic (exact) mass is 169 g/mol. The second kappa shape index (κ2) is 3.37. The van der Waals surface area contributed by atoms with Gasteiger partial charge >= 0.3 is 0 Å². The van der Waals surface area contributed by atoms with E-state index in [1.165, 1.54) is 32.1 Å². The van der Waals surface area contributed by atoms with Gasteiger partial charge in [0.15, 0.2) is 0 Å². The predicted molar refractivity (Wildman–Crippen MR) is 54.0 cm³/mol. The molecule has 0 aromatic carbocycles. The first kappa shape index (κ1) is 10.0.